The Morgan fingerprint density at radius 3 is 2.38 bits per heavy atom. The number of sulfonamides is 1. The summed E-state index contributed by atoms with van der Waals surface area (Å²) in [5, 5.41) is 6.58. The van der Waals surface area contributed by atoms with Crippen LogP contribution in [0.15, 0.2) is 36.5 Å². The van der Waals surface area contributed by atoms with Crippen LogP contribution in [-0.4, -0.2) is 30.4 Å². The van der Waals surface area contributed by atoms with Gasteiger partial charge in [-0.3, -0.25) is 14.2 Å². The van der Waals surface area contributed by atoms with E-state index in [4.69, 9.17) is 5.73 Å². The standard InChI is InChI=1S/C12H15N5O3S/c1-21(19,20)16-10-4-2-9(3-5-10)14-12(18)8-17-7-6-11(13)15-17/h2-7,16H,8H2,1H3,(H2,13,15)(H,14,18). The van der Waals surface area contributed by atoms with Gasteiger partial charge in [-0.15, -0.1) is 0 Å². The Hall–Kier alpha value is -2.55. The number of hydrogen-bond acceptors (Lipinski definition) is 5. The summed E-state index contributed by atoms with van der Waals surface area (Å²) in [5.41, 5.74) is 6.44. The molecular formula is C12H15N5O3S. The highest BCUT2D eigenvalue weighted by molar-refractivity contribution is 7.92. The lowest BCUT2D eigenvalue weighted by Crippen LogP contribution is -2.19. The lowest BCUT2D eigenvalue weighted by molar-refractivity contribution is -0.116. The molecule has 1 aromatic carbocycles. The number of carbonyl (C=O) groups is 1. The maximum absolute atomic E-state index is 11.8. The molecule has 0 saturated heterocycles. The first-order chi connectivity index (χ1) is 9.82. The van der Waals surface area contributed by atoms with E-state index in [1.807, 2.05) is 0 Å². The van der Waals surface area contributed by atoms with Gasteiger partial charge < -0.3 is 11.1 Å². The van der Waals surface area contributed by atoms with E-state index in [9.17, 15) is 13.2 Å². The van der Waals surface area contributed by atoms with Crippen LogP contribution in [0, 0.1) is 0 Å². The van der Waals surface area contributed by atoms with E-state index < -0.39 is 10.0 Å². The third kappa shape index (κ3) is 4.80. The number of carbonyl (C=O) groups excluding carboxylic acids is 1. The van der Waals surface area contributed by atoms with Crippen molar-refractivity contribution in [1.29, 1.82) is 0 Å². The van der Waals surface area contributed by atoms with E-state index in [0.29, 0.717) is 17.2 Å². The normalized spacial score (nSPS) is 11.1. The molecule has 1 amide bonds. The van der Waals surface area contributed by atoms with Crippen LogP contribution in [0.3, 0.4) is 0 Å². The van der Waals surface area contributed by atoms with Crippen molar-refractivity contribution < 1.29 is 13.2 Å². The van der Waals surface area contributed by atoms with Crippen molar-refractivity contribution in [2.45, 2.75) is 6.54 Å². The van der Waals surface area contributed by atoms with E-state index in [1.54, 1.807) is 36.5 Å². The highest BCUT2D eigenvalue weighted by atomic mass is 32.2. The largest absolute Gasteiger partial charge is 0.382 e. The minimum Gasteiger partial charge on any atom is -0.382 e. The molecule has 1 aromatic heterocycles. The lowest BCUT2D eigenvalue weighted by Gasteiger charge is -2.07. The number of nitrogens with two attached hydrogens (primary N) is 1. The van der Waals surface area contributed by atoms with Crippen molar-refractivity contribution in [3.63, 3.8) is 0 Å². The van der Waals surface area contributed by atoms with E-state index in [0.717, 1.165) is 6.26 Å². The summed E-state index contributed by atoms with van der Waals surface area (Å²) in [6.07, 6.45) is 2.67. The summed E-state index contributed by atoms with van der Waals surface area (Å²) in [6, 6.07) is 7.91. The number of aromatic nitrogens is 2. The minimum atomic E-state index is -3.31. The summed E-state index contributed by atoms with van der Waals surface area (Å²) in [6.45, 7) is 0.0422. The molecule has 0 fully saturated rings. The van der Waals surface area contributed by atoms with Gasteiger partial charge in [0.05, 0.1) is 6.26 Å². The number of anilines is 3. The number of amides is 1. The molecule has 2 rings (SSSR count). The molecule has 8 nitrogen and oxygen atoms in total. The Bertz CT molecular complexity index is 737. The van der Waals surface area contributed by atoms with Gasteiger partial charge in [-0.05, 0) is 30.3 Å². The van der Waals surface area contributed by atoms with Crippen molar-refractivity contribution in [3.8, 4) is 0 Å². The molecule has 0 aliphatic heterocycles. The maximum atomic E-state index is 11.8. The second-order valence-electron chi connectivity index (χ2n) is 4.44. The first-order valence-corrected chi connectivity index (χ1v) is 7.87. The SMILES string of the molecule is CS(=O)(=O)Nc1ccc(NC(=O)Cn2ccc(N)n2)cc1. The molecule has 0 saturated carbocycles. The van der Waals surface area contributed by atoms with Gasteiger partial charge in [-0.25, -0.2) is 8.42 Å². The van der Waals surface area contributed by atoms with Gasteiger partial charge in [0, 0.05) is 17.6 Å². The summed E-state index contributed by atoms with van der Waals surface area (Å²) in [7, 11) is -3.31. The zero-order chi connectivity index (χ0) is 15.5. The van der Waals surface area contributed by atoms with Crippen LogP contribution >= 0.6 is 0 Å². The fourth-order valence-electron chi connectivity index (χ4n) is 1.65. The van der Waals surface area contributed by atoms with Crippen LogP contribution in [-0.2, 0) is 21.4 Å². The highest BCUT2D eigenvalue weighted by Gasteiger charge is 2.06. The van der Waals surface area contributed by atoms with E-state index in [1.165, 1.54) is 4.68 Å². The van der Waals surface area contributed by atoms with Gasteiger partial charge in [-0.2, -0.15) is 5.10 Å². The van der Waals surface area contributed by atoms with Crippen molar-refractivity contribution in [2.24, 2.45) is 0 Å². The van der Waals surface area contributed by atoms with Crippen LogP contribution in [0.2, 0.25) is 0 Å². The van der Waals surface area contributed by atoms with Crippen molar-refractivity contribution in [3.05, 3.63) is 36.5 Å². The van der Waals surface area contributed by atoms with E-state index in [-0.39, 0.29) is 12.5 Å². The van der Waals surface area contributed by atoms with Gasteiger partial charge >= 0.3 is 0 Å². The molecule has 112 valence electrons. The quantitative estimate of drug-likeness (QED) is 0.742. The van der Waals surface area contributed by atoms with E-state index in [2.05, 4.69) is 15.1 Å². The zero-order valence-electron chi connectivity index (χ0n) is 11.3. The fourth-order valence-corrected chi connectivity index (χ4v) is 2.21. The van der Waals surface area contributed by atoms with Gasteiger partial charge in [0.25, 0.3) is 0 Å². The molecule has 0 unspecified atom stereocenters. The Balaban J connectivity index is 1.95. The number of nitrogens with zero attached hydrogens (tertiary/aromatic N) is 2. The molecule has 0 aliphatic carbocycles. The molecular weight excluding hydrogens is 294 g/mol. The summed E-state index contributed by atoms with van der Waals surface area (Å²) in [4.78, 5) is 11.8. The molecule has 1 heterocycles. The zero-order valence-corrected chi connectivity index (χ0v) is 12.1. The third-order valence-corrected chi connectivity index (χ3v) is 3.05. The Kier molecular flexibility index (Phi) is 4.13. The topological polar surface area (TPSA) is 119 Å². The number of nitrogen functional groups attached to an aromatic ring is 1. The molecule has 0 radical (unpaired) electrons. The number of hydrogen-bond donors (Lipinski definition) is 3. The summed E-state index contributed by atoms with van der Waals surface area (Å²) in [5.74, 6) is 0.0842. The Labute approximate surface area is 122 Å². The predicted molar refractivity (Wildman–Crippen MR) is 80.2 cm³/mol. The monoisotopic (exact) mass is 309 g/mol. The molecule has 21 heavy (non-hydrogen) atoms. The number of rotatable bonds is 5. The summed E-state index contributed by atoms with van der Waals surface area (Å²) < 4.78 is 25.9. The molecule has 0 bridgehead atoms. The molecule has 0 atom stereocenters. The van der Waals surface area contributed by atoms with Crippen LogP contribution in [0.4, 0.5) is 17.2 Å². The van der Waals surface area contributed by atoms with Crippen molar-refractivity contribution in [1.82, 2.24) is 9.78 Å². The number of benzene rings is 1. The first-order valence-electron chi connectivity index (χ1n) is 5.98. The fraction of sp³-hybridized carbons (Fsp3) is 0.167. The second kappa shape index (κ2) is 5.83. The smallest absolute Gasteiger partial charge is 0.246 e. The predicted octanol–water partition coefficient (Wildman–Crippen LogP) is 0.475. The Morgan fingerprint density at radius 1 is 1.24 bits per heavy atom. The molecule has 0 aliphatic rings. The van der Waals surface area contributed by atoms with Crippen molar-refractivity contribution in [2.75, 3.05) is 22.0 Å². The molecule has 2 aromatic rings. The van der Waals surface area contributed by atoms with Crippen LogP contribution in [0.5, 0.6) is 0 Å². The summed E-state index contributed by atoms with van der Waals surface area (Å²) >= 11 is 0. The van der Waals surface area contributed by atoms with Gasteiger partial charge in [0.15, 0.2) is 0 Å². The molecule has 4 N–H and O–H groups in total. The maximum Gasteiger partial charge on any atom is 0.246 e. The van der Waals surface area contributed by atoms with Gasteiger partial charge in [0.1, 0.15) is 12.4 Å². The average Bonchev–Trinajstić information content (AvgIpc) is 2.75. The third-order valence-electron chi connectivity index (χ3n) is 2.44. The highest BCUT2D eigenvalue weighted by Crippen LogP contribution is 2.14. The van der Waals surface area contributed by atoms with Crippen molar-refractivity contribution >= 4 is 33.1 Å². The van der Waals surface area contributed by atoms with Gasteiger partial charge in [-0.1, -0.05) is 0 Å². The molecule has 9 heteroatoms. The van der Waals surface area contributed by atoms with Gasteiger partial charge in [0.2, 0.25) is 15.9 Å². The molecule has 0 spiro atoms. The van der Waals surface area contributed by atoms with Crippen LogP contribution in [0.25, 0.3) is 0 Å². The first kappa shape index (κ1) is 14.9. The average molecular weight is 309 g/mol. The minimum absolute atomic E-state index is 0.0422. The lowest BCUT2D eigenvalue weighted by atomic mass is 10.3. The Morgan fingerprint density at radius 2 is 1.86 bits per heavy atom. The second-order valence-corrected chi connectivity index (χ2v) is 6.19. The van der Waals surface area contributed by atoms with Crippen LogP contribution < -0.4 is 15.8 Å². The van der Waals surface area contributed by atoms with Crippen LogP contribution in [0.1, 0.15) is 0 Å². The number of nitrogens with one attached hydrogen (secondary N) is 2. The van der Waals surface area contributed by atoms with E-state index >= 15 is 0 Å².